The lowest BCUT2D eigenvalue weighted by molar-refractivity contribution is 0.701. The highest BCUT2D eigenvalue weighted by molar-refractivity contribution is 6.30. The Labute approximate surface area is 131 Å². The number of hydrogen-bond acceptors (Lipinski definition) is 4. The molecule has 0 saturated heterocycles. The molecular formula is C16H21ClN4. The third-order valence-corrected chi connectivity index (χ3v) is 3.77. The first-order valence-corrected chi connectivity index (χ1v) is 7.49. The minimum Gasteiger partial charge on any atom is -0.337 e. The second-order valence-corrected chi connectivity index (χ2v) is 5.45. The average molecular weight is 305 g/mol. The van der Waals surface area contributed by atoms with Gasteiger partial charge in [-0.05, 0) is 31.2 Å². The fourth-order valence-corrected chi connectivity index (χ4v) is 2.15. The first-order valence-electron chi connectivity index (χ1n) is 7.11. The summed E-state index contributed by atoms with van der Waals surface area (Å²) in [5, 5.41) is 4.01. The fourth-order valence-electron chi connectivity index (χ4n) is 2.03. The molecule has 2 rings (SSSR count). The molecule has 0 fully saturated rings. The van der Waals surface area contributed by atoms with Crippen molar-refractivity contribution in [3.8, 4) is 0 Å². The molecule has 1 heterocycles. The van der Waals surface area contributed by atoms with Crippen LogP contribution in [0.4, 0.5) is 5.95 Å². The molecule has 1 aromatic heterocycles. The van der Waals surface area contributed by atoms with Crippen LogP contribution in [0.25, 0.3) is 0 Å². The molecule has 21 heavy (non-hydrogen) atoms. The molecule has 2 aromatic rings. The van der Waals surface area contributed by atoms with Gasteiger partial charge in [-0.2, -0.15) is 0 Å². The van der Waals surface area contributed by atoms with Gasteiger partial charge in [-0.3, -0.25) is 0 Å². The molecule has 1 aromatic carbocycles. The van der Waals surface area contributed by atoms with E-state index in [-0.39, 0.29) is 6.04 Å². The lowest BCUT2D eigenvalue weighted by atomic mass is 10.1. The monoisotopic (exact) mass is 304 g/mol. The molecule has 1 unspecified atom stereocenters. The zero-order valence-corrected chi connectivity index (χ0v) is 13.4. The number of nitrogens with one attached hydrogen (secondary N) is 1. The first kappa shape index (κ1) is 15.7. The molecule has 112 valence electrons. The van der Waals surface area contributed by atoms with Crippen LogP contribution >= 0.6 is 11.6 Å². The van der Waals surface area contributed by atoms with Crippen molar-refractivity contribution in [2.75, 3.05) is 18.5 Å². The van der Waals surface area contributed by atoms with Crippen LogP contribution in [0.5, 0.6) is 0 Å². The van der Waals surface area contributed by atoms with Crippen LogP contribution in [-0.4, -0.2) is 23.6 Å². The molecule has 1 N–H and O–H groups in total. The summed E-state index contributed by atoms with van der Waals surface area (Å²) in [4.78, 5) is 10.9. The highest BCUT2D eigenvalue weighted by atomic mass is 35.5. The van der Waals surface area contributed by atoms with Crippen molar-refractivity contribution in [1.82, 2.24) is 15.3 Å². The van der Waals surface area contributed by atoms with Crippen molar-refractivity contribution >= 4 is 17.5 Å². The van der Waals surface area contributed by atoms with Gasteiger partial charge in [0, 0.05) is 36.6 Å². The third-order valence-electron chi connectivity index (χ3n) is 3.52. The second-order valence-electron chi connectivity index (χ2n) is 5.01. The van der Waals surface area contributed by atoms with E-state index in [9.17, 15) is 0 Å². The van der Waals surface area contributed by atoms with Gasteiger partial charge < -0.3 is 10.2 Å². The molecule has 0 spiro atoms. The lowest BCUT2D eigenvalue weighted by Crippen LogP contribution is -2.24. The van der Waals surface area contributed by atoms with Gasteiger partial charge in [0.25, 0.3) is 0 Å². The van der Waals surface area contributed by atoms with E-state index in [0.29, 0.717) is 0 Å². The molecule has 0 aliphatic rings. The number of aromatic nitrogens is 2. The van der Waals surface area contributed by atoms with E-state index in [1.807, 2.05) is 43.7 Å². The Balaban J connectivity index is 2.08. The highest BCUT2D eigenvalue weighted by Crippen LogP contribution is 2.23. The molecule has 0 saturated carbocycles. The summed E-state index contributed by atoms with van der Waals surface area (Å²) in [5.74, 6) is 0.720. The Bertz CT molecular complexity index is 553. The number of anilines is 1. The normalized spacial score (nSPS) is 12.2. The first-order chi connectivity index (χ1) is 10.1. The summed E-state index contributed by atoms with van der Waals surface area (Å²) in [6, 6.07) is 8.05. The predicted octanol–water partition coefficient (Wildman–Crippen LogP) is 3.44. The largest absolute Gasteiger partial charge is 0.337 e. The van der Waals surface area contributed by atoms with Gasteiger partial charge >= 0.3 is 0 Å². The van der Waals surface area contributed by atoms with E-state index in [1.54, 1.807) is 0 Å². The van der Waals surface area contributed by atoms with Crippen LogP contribution in [-0.2, 0) is 6.54 Å². The summed E-state index contributed by atoms with van der Waals surface area (Å²) in [6.07, 6.45) is 3.74. The Kier molecular flexibility index (Phi) is 5.53. The van der Waals surface area contributed by atoms with Gasteiger partial charge in [-0.25, -0.2) is 9.97 Å². The number of nitrogens with zero attached hydrogens (tertiary/aromatic N) is 3. The van der Waals surface area contributed by atoms with E-state index in [4.69, 9.17) is 11.6 Å². The summed E-state index contributed by atoms with van der Waals surface area (Å²) in [7, 11) is 2.00. The summed E-state index contributed by atoms with van der Waals surface area (Å²) in [5.41, 5.74) is 2.27. The molecule has 1 atom stereocenters. The van der Waals surface area contributed by atoms with Gasteiger partial charge in [-0.1, -0.05) is 30.7 Å². The van der Waals surface area contributed by atoms with E-state index in [1.165, 1.54) is 5.56 Å². The number of benzene rings is 1. The second kappa shape index (κ2) is 7.38. The fraction of sp³-hybridized carbons (Fsp3) is 0.375. The van der Waals surface area contributed by atoms with Crippen LogP contribution in [0.2, 0.25) is 5.02 Å². The lowest BCUT2D eigenvalue weighted by Gasteiger charge is -2.25. The highest BCUT2D eigenvalue weighted by Gasteiger charge is 2.14. The molecule has 0 radical (unpaired) electrons. The van der Waals surface area contributed by atoms with E-state index in [2.05, 4.69) is 34.0 Å². The van der Waals surface area contributed by atoms with Crippen molar-refractivity contribution in [2.24, 2.45) is 0 Å². The minimum atomic E-state index is 0.182. The third kappa shape index (κ3) is 4.16. The van der Waals surface area contributed by atoms with Crippen LogP contribution in [0.15, 0.2) is 36.7 Å². The number of hydrogen-bond donors (Lipinski definition) is 1. The van der Waals surface area contributed by atoms with Crippen LogP contribution in [0.3, 0.4) is 0 Å². The number of halogens is 1. The van der Waals surface area contributed by atoms with E-state index in [0.717, 1.165) is 29.6 Å². The SMILES string of the molecule is CCNCc1cnc(N(C)C(C)c2ccc(Cl)cc2)nc1. The maximum absolute atomic E-state index is 5.93. The van der Waals surface area contributed by atoms with Crippen LogP contribution in [0, 0.1) is 0 Å². The maximum Gasteiger partial charge on any atom is 0.225 e. The molecule has 0 amide bonds. The molecular weight excluding hydrogens is 284 g/mol. The molecule has 0 aliphatic heterocycles. The van der Waals surface area contributed by atoms with Crippen LogP contribution < -0.4 is 10.2 Å². The quantitative estimate of drug-likeness (QED) is 0.887. The predicted molar refractivity (Wildman–Crippen MR) is 87.7 cm³/mol. The van der Waals surface area contributed by atoms with Gasteiger partial charge in [-0.15, -0.1) is 0 Å². The smallest absolute Gasteiger partial charge is 0.225 e. The zero-order valence-electron chi connectivity index (χ0n) is 12.7. The van der Waals surface area contributed by atoms with Crippen molar-refractivity contribution in [2.45, 2.75) is 26.4 Å². The number of rotatable bonds is 6. The van der Waals surface area contributed by atoms with Gasteiger partial charge in [0.2, 0.25) is 5.95 Å². The standard InChI is InChI=1S/C16H21ClN4/c1-4-18-9-13-10-19-16(20-11-13)21(3)12(2)14-5-7-15(17)8-6-14/h5-8,10-12,18H,4,9H2,1-3H3. The van der Waals surface area contributed by atoms with Crippen molar-refractivity contribution in [1.29, 1.82) is 0 Å². The van der Waals surface area contributed by atoms with Gasteiger partial charge in [0.1, 0.15) is 0 Å². The molecule has 5 heteroatoms. The summed E-state index contributed by atoms with van der Waals surface area (Å²) < 4.78 is 0. The van der Waals surface area contributed by atoms with Gasteiger partial charge in [0.15, 0.2) is 0 Å². The maximum atomic E-state index is 5.93. The zero-order chi connectivity index (χ0) is 15.2. The van der Waals surface area contributed by atoms with E-state index < -0.39 is 0 Å². The van der Waals surface area contributed by atoms with Gasteiger partial charge in [0.05, 0.1) is 6.04 Å². The molecule has 0 bridgehead atoms. The average Bonchev–Trinajstić information content (AvgIpc) is 2.53. The van der Waals surface area contributed by atoms with Crippen LogP contribution in [0.1, 0.15) is 31.0 Å². The van der Waals surface area contributed by atoms with E-state index >= 15 is 0 Å². The summed E-state index contributed by atoms with van der Waals surface area (Å²) in [6.45, 7) is 5.94. The minimum absolute atomic E-state index is 0.182. The molecule has 0 aliphatic carbocycles. The Morgan fingerprint density at radius 1 is 1.19 bits per heavy atom. The van der Waals surface area contributed by atoms with Crippen molar-refractivity contribution in [3.05, 3.63) is 52.8 Å². The van der Waals surface area contributed by atoms with Crippen molar-refractivity contribution in [3.63, 3.8) is 0 Å². The summed E-state index contributed by atoms with van der Waals surface area (Å²) >= 11 is 5.93. The Hall–Kier alpha value is -1.65. The van der Waals surface area contributed by atoms with Crippen molar-refractivity contribution < 1.29 is 0 Å². The Morgan fingerprint density at radius 3 is 2.38 bits per heavy atom. The Morgan fingerprint density at radius 2 is 1.81 bits per heavy atom. The topological polar surface area (TPSA) is 41.1 Å². The molecule has 4 nitrogen and oxygen atoms in total.